The molecule has 0 aromatic heterocycles. The van der Waals surface area contributed by atoms with Gasteiger partial charge in [0.1, 0.15) is 5.71 Å². The van der Waals surface area contributed by atoms with Crippen LogP contribution in [-0.4, -0.2) is 21.5 Å². The predicted octanol–water partition coefficient (Wildman–Crippen LogP) is 2.82. The molecular weight excluding hydrogens is 318 g/mol. The van der Waals surface area contributed by atoms with Gasteiger partial charge in [0.05, 0.1) is 9.85 Å². The fraction of sp³-hybridized carbons (Fsp3) is 0.0667. The highest BCUT2D eigenvalue weighted by Gasteiger charge is 2.13. The number of rotatable bonds is 5. The number of benzene rings is 2. The molecule has 0 aliphatic carbocycles. The van der Waals surface area contributed by atoms with Crippen LogP contribution in [0.1, 0.15) is 18.1 Å². The van der Waals surface area contributed by atoms with Crippen molar-refractivity contribution in [3.05, 3.63) is 79.9 Å². The zero-order valence-corrected chi connectivity index (χ0v) is 12.4. The van der Waals surface area contributed by atoms with E-state index in [0.29, 0.717) is 11.1 Å². The van der Waals surface area contributed by atoms with E-state index in [-0.39, 0.29) is 17.1 Å². The molecule has 0 aliphatic heterocycles. The molecule has 2 rings (SSSR count). The zero-order chi connectivity index (χ0) is 17.7. The Morgan fingerprint density at radius 2 is 1.25 bits per heavy atom. The highest BCUT2D eigenvalue weighted by atomic mass is 16.7. The molecule has 0 amide bonds. The summed E-state index contributed by atoms with van der Waals surface area (Å²) >= 11 is 0. The van der Waals surface area contributed by atoms with Gasteiger partial charge in [-0.05, 0) is 24.3 Å². The van der Waals surface area contributed by atoms with Crippen molar-refractivity contribution in [2.45, 2.75) is 6.92 Å². The number of carbonyl (C=O) groups is 1. The smallest absolute Gasteiger partial charge is 0.318 e. The van der Waals surface area contributed by atoms with Gasteiger partial charge in [-0.15, -0.1) is 0 Å². The van der Waals surface area contributed by atoms with E-state index in [4.69, 9.17) is 0 Å². The summed E-state index contributed by atoms with van der Waals surface area (Å²) in [5.41, 5.74) is 0.921. The summed E-state index contributed by atoms with van der Waals surface area (Å²) in [6, 6.07) is 10.9. The molecule has 9 heteroatoms. The second-order valence-electron chi connectivity index (χ2n) is 4.63. The molecule has 0 saturated heterocycles. The van der Waals surface area contributed by atoms with Crippen molar-refractivity contribution in [1.29, 1.82) is 0 Å². The summed E-state index contributed by atoms with van der Waals surface area (Å²) in [5.74, 6) is -0.642. The molecule has 0 aliphatic rings. The Morgan fingerprint density at radius 3 is 1.54 bits per heavy atom. The Kier molecular flexibility index (Phi) is 4.95. The lowest BCUT2D eigenvalue weighted by Crippen LogP contribution is -2.06. The summed E-state index contributed by atoms with van der Waals surface area (Å²) in [6.07, 6.45) is 0. The molecule has 24 heavy (non-hydrogen) atoms. The molecule has 122 valence electrons. The molecule has 0 bridgehead atoms. The Bertz CT molecular complexity index is 753. The lowest BCUT2D eigenvalue weighted by atomic mass is 10.0. The summed E-state index contributed by atoms with van der Waals surface area (Å²) in [6.45, 7) is 1.17. The van der Waals surface area contributed by atoms with Gasteiger partial charge in [-0.3, -0.25) is 20.2 Å². The van der Waals surface area contributed by atoms with Crippen molar-refractivity contribution in [2.75, 3.05) is 0 Å². The van der Waals surface area contributed by atoms with E-state index in [1.807, 2.05) is 0 Å². The fourth-order valence-corrected chi connectivity index (χ4v) is 1.86. The Labute approximate surface area is 135 Å². The minimum atomic E-state index is -0.642. The average Bonchev–Trinajstić information content (AvgIpc) is 2.55. The van der Waals surface area contributed by atoms with Gasteiger partial charge in [-0.2, -0.15) is 0 Å². The van der Waals surface area contributed by atoms with Crippen LogP contribution >= 0.6 is 0 Å². The van der Waals surface area contributed by atoms with Crippen LogP contribution in [0.25, 0.3) is 0 Å². The van der Waals surface area contributed by atoms with Gasteiger partial charge >= 0.3 is 5.97 Å². The van der Waals surface area contributed by atoms with Crippen LogP contribution in [0.3, 0.4) is 0 Å². The molecule has 0 heterocycles. The predicted molar refractivity (Wildman–Crippen MR) is 83.6 cm³/mol. The fourth-order valence-electron chi connectivity index (χ4n) is 1.86. The molecule has 2 aromatic rings. The molecule has 9 nitrogen and oxygen atoms in total. The number of nitro benzene ring substituents is 2. The minimum absolute atomic E-state index is 0.103. The van der Waals surface area contributed by atoms with Crippen molar-refractivity contribution in [3.8, 4) is 0 Å². The van der Waals surface area contributed by atoms with Crippen molar-refractivity contribution in [1.82, 2.24) is 0 Å². The molecule has 0 radical (unpaired) electrons. The second kappa shape index (κ2) is 7.09. The standard InChI is InChI=1S/C15H11N3O6/c1-10(19)24-16-15(11-2-6-13(7-3-11)17(20)21)12-4-8-14(9-5-12)18(22)23/h2-9H,1H3. The molecule has 0 atom stereocenters. The highest BCUT2D eigenvalue weighted by molar-refractivity contribution is 6.12. The SMILES string of the molecule is CC(=O)ON=C(c1ccc([N+](=O)[O-])cc1)c1ccc([N+](=O)[O-])cc1. The van der Waals surface area contributed by atoms with Gasteiger partial charge in [0, 0.05) is 42.3 Å². The van der Waals surface area contributed by atoms with Gasteiger partial charge in [0.2, 0.25) is 0 Å². The van der Waals surface area contributed by atoms with E-state index in [1.165, 1.54) is 55.5 Å². The number of nitro groups is 2. The number of oxime groups is 1. The maximum absolute atomic E-state index is 11.0. The van der Waals surface area contributed by atoms with Crippen LogP contribution in [0, 0.1) is 20.2 Å². The largest absolute Gasteiger partial charge is 0.332 e. The van der Waals surface area contributed by atoms with Crippen molar-refractivity contribution < 1.29 is 19.5 Å². The van der Waals surface area contributed by atoms with Crippen molar-refractivity contribution >= 4 is 23.1 Å². The summed E-state index contributed by atoms with van der Waals surface area (Å²) in [5, 5.41) is 25.2. The van der Waals surface area contributed by atoms with E-state index in [2.05, 4.69) is 9.99 Å². The quantitative estimate of drug-likeness (QED) is 0.359. The number of hydrogen-bond donors (Lipinski definition) is 0. The van der Waals surface area contributed by atoms with Gasteiger partial charge in [-0.25, -0.2) is 4.79 Å². The van der Waals surface area contributed by atoms with Crippen LogP contribution in [0.15, 0.2) is 53.7 Å². The summed E-state index contributed by atoms with van der Waals surface area (Å²) < 4.78 is 0. The van der Waals surface area contributed by atoms with E-state index >= 15 is 0 Å². The highest BCUT2D eigenvalue weighted by Crippen LogP contribution is 2.19. The normalized spacial score (nSPS) is 9.88. The third kappa shape index (κ3) is 3.97. The Balaban J connectivity index is 2.44. The number of non-ortho nitro benzene ring substituents is 2. The molecule has 0 saturated carbocycles. The van der Waals surface area contributed by atoms with Crippen molar-refractivity contribution in [3.63, 3.8) is 0 Å². The van der Waals surface area contributed by atoms with E-state index in [1.54, 1.807) is 0 Å². The van der Waals surface area contributed by atoms with Crippen LogP contribution in [0.4, 0.5) is 11.4 Å². The van der Waals surface area contributed by atoms with Gasteiger partial charge in [-0.1, -0.05) is 5.16 Å². The lowest BCUT2D eigenvalue weighted by molar-refractivity contribution is -0.385. The van der Waals surface area contributed by atoms with Crippen LogP contribution < -0.4 is 0 Å². The first-order valence-electron chi connectivity index (χ1n) is 6.63. The maximum Gasteiger partial charge on any atom is 0.332 e. The molecule has 0 N–H and O–H groups in total. The van der Waals surface area contributed by atoms with Crippen LogP contribution in [0.5, 0.6) is 0 Å². The first kappa shape index (κ1) is 16.7. The molecule has 0 fully saturated rings. The van der Waals surface area contributed by atoms with E-state index < -0.39 is 15.8 Å². The molecule has 0 unspecified atom stereocenters. The average molecular weight is 329 g/mol. The Morgan fingerprint density at radius 1 is 0.875 bits per heavy atom. The van der Waals surface area contributed by atoms with E-state index in [0.717, 1.165) is 0 Å². The zero-order valence-electron chi connectivity index (χ0n) is 12.4. The number of carbonyl (C=O) groups excluding carboxylic acids is 1. The summed E-state index contributed by atoms with van der Waals surface area (Å²) in [7, 11) is 0. The van der Waals surface area contributed by atoms with Crippen molar-refractivity contribution in [2.24, 2.45) is 5.16 Å². The van der Waals surface area contributed by atoms with E-state index in [9.17, 15) is 25.0 Å². The third-order valence-corrected chi connectivity index (χ3v) is 2.97. The number of nitrogens with zero attached hydrogens (tertiary/aromatic N) is 3. The van der Waals surface area contributed by atoms with Gasteiger partial charge in [0.25, 0.3) is 11.4 Å². The maximum atomic E-state index is 11.0. The van der Waals surface area contributed by atoms with Crippen LogP contribution in [0.2, 0.25) is 0 Å². The second-order valence-corrected chi connectivity index (χ2v) is 4.63. The Hall–Kier alpha value is -3.62. The molecular formula is C15H11N3O6. The van der Waals surface area contributed by atoms with Gasteiger partial charge < -0.3 is 4.84 Å². The monoisotopic (exact) mass is 329 g/mol. The number of hydrogen-bond acceptors (Lipinski definition) is 7. The lowest BCUT2D eigenvalue weighted by Gasteiger charge is -2.06. The van der Waals surface area contributed by atoms with Gasteiger partial charge in [0.15, 0.2) is 0 Å². The first-order valence-corrected chi connectivity index (χ1v) is 6.63. The topological polar surface area (TPSA) is 125 Å². The molecule has 2 aromatic carbocycles. The molecule has 0 spiro atoms. The first-order chi connectivity index (χ1) is 11.4. The van der Waals surface area contributed by atoms with Crippen LogP contribution in [-0.2, 0) is 9.63 Å². The minimum Gasteiger partial charge on any atom is -0.318 e. The third-order valence-electron chi connectivity index (χ3n) is 2.97. The summed E-state index contributed by atoms with van der Waals surface area (Å²) in [4.78, 5) is 36.0.